The van der Waals surface area contributed by atoms with Gasteiger partial charge in [0.25, 0.3) is 5.91 Å². The van der Waals surface area contributed by atoms with Crippen LogP contribution in [0, 0.1) is 0 Å². The molecule has 8 heteroatoms. The summed E-state index contributed by atoms with van der Waals surface area (Å²) in [7, 11) is 1.59. The summed E-state index contributed by atoms with van der Waals surface area (Å²) in [6.07, 6.45) is 6.60. The summed E-state index contributed by atoms with van der Waals surface area (Å²) in [6, 6.07) is 17.1. The SMILES string of the molecule is CN(CC(=O)NCc1ccco1)C(=O)c1cn(Cc2ccccc2)nc1-c1cccnc1. The standard InChI is InChI=1S/C24H23N5O3/c1-28(17-22(30)26-14-20-10-6-12-32-20)24(31)21-16-29(15-18-7-3-2-4-8-18)27-23(21)19-9-5-11-25-13-19/h2-13,16H,14-15,17H2,1H3,(H,26,30). The zero-order valence-corrected chi connectivity index (χ0v) is 17.6. The Morgan fingerprint density at radius 2 is 1.94 bits per heavy atom. The normalized spacial score (nSPS) is 10.7. The number of nitrogens with zero attached hydrogens (tertiary/aromatic N) is 4. The number of likely N-dealkylation sites (N-methyl/N-ethyl adjacent to an activating group) is 1. The number of amides is 2. The number of hydrogen-bond donors (Lipinski definition) is 1. The van der Waals surface area contributed by atoms with Gasteiger partial charge < -0.3 is 14.6 Å². The van der Waals surface area contributed by atoms with Crippen molar-refractivity contribution in [1.82, 2.24) is 25.0 Å². The molecule has 0 fully saturated rings. The Morgan fingerprint density at radius 3 is 2.66 bits per heavy atom. The quantitative estimate of drug-likeness (QED) is 0.465. The van der Waals surface area contributed by atoms with E-state index in [2.05, 4.69) is 15.4 Å². The van der Waals surface area contributed by atoms with Gasteiger partial charge >= 0.3 is 0 Å². The number of furan rings is 1. The molecule has 1 N–H and O–H groups in total. The molecule has 0 aliphatic heterocycles. The van der Waals surface area contributed by atoms with Crippen LogP contribution in [-0.4, -0.2) is 45.1 Å². The molecule has 0 unspecified atom stereocenters. The minimum atomic E-state index is -0.295. The first kappa shape index (κ1) is 21.0. The van der Waals surface area contributed by atoms with Gasteiger partial charge in [-0.3, -0.25) is 19.3 Å². The molecule has 1 aromatic carbocycles. The van der Waals surface area contributed by atoms with Crippen molar-refractivity contribution in [1.29, 1.82) is 0 Å². The second-order valence-electron chi connectivity index (χ2n) is 7.33. The highest BCUT2D eigenvalue weighted by atomic mass is 16.3. The van der Waals surface area contributed by atoms with Crippen molar-refractivity contribution in [3.63, 3.8) is 0 Å². The van der Waals surface area contributed by atoms with Gasteiger partial charge in [0, 0.05) is 31.2 Å². The fraction of sp³-hybridized carbons (Fsp3) is 0.167. The summed E-state index contributed by atoms with van der Waals surface area (Å²) in [6.45, 7) is 0.703. The van der Waals surface area contributed by atoms with E-state index in [-0.39, 0.29) is 24.9 Å². The number of benzene rings is 1. The van der Waals surface area contributed by atoms with Gasteiger partial charge in [-0.05, 0) is 29.8 Å². The lowest BCUT2D eigenvalue weighted by Crippen LogP contribution is -2.38. The number of aromatic nitrogens is 3. The molecule has 0 aliphatic rings. The molecule has 0 saturated carbocycles. The van der Waals surface area contributed by atoms with Crippen molar-refractivity contribution >= 4 is 11.8 Å². The lowest BCUT2D eigenvalue weighted by Gasteiger charge is -2.16. The van der Waals surface area contributed by atoms with E-state index in [9.17, 15) is 9.59 Å². The van der Waals surface area contributed by atoms with Gasteiger partial charge in [-0.2, -0.15) is 5.10 Å². The first-order valence-electron chi connectivity index (χ1n) is 10.2. The largest absolute Gasteiger partial charge is 0.467 e. The Bertz CT molecular complexity index is 1170. The third-order valence-electron chi connectivity index (χ3n) is 4.88. The van der Waals surface area contributed by atoms with Crippen LogP contribution in [0.4, 0.5) is 0 Å². The van der Waals surface area contributed by atoms with E-state index in [1.165, 1.54) is 4.90 Å². The molecule has 0 bridgehead atoms. The zero-order valence-electron chi connectivity index (χ0n) is 17.6. The minimum absolute atomic E-state index is 0.0874. The van der Waals surface area contributed by atoms with Crippen LogP contribution >= 0.6 is 0 Å². The van der Waals surface area contributed by atoms with Crippen LogP contribution in [0.25, 0.3) is 11.3 Å². The van der Waals surface area contributed by atoms with E-state index in [0.717, 1.165) is 11.1 Å². The van der Waals surface area contributed by atoms with Crippen molar-refractivity contribution in [2.75, 3.05) is 13.6 Å². The van der Waals surface area contributed by atoms with Crippen LogP contribution in [-0.2, 0) is 17.9 Å². The maximum Gasteiger partial charge on any atom is 0.257 e. The Hall–Kier alpha value is -4.20. The lowest BCUT2D eigenvalue weighted by atomic mass is 10.1. The topological polar surface area (TPSA) is 93.3 Å². The average molecular weight is 429 g/mol. The fourth-order valence-electron chi connectivity index (χ4n) is 3.29. The molecule has 8 nitrogen and oxygen atoms in total. The molecule has 3 aromatic heterocycles. The molecular formula is C24H23N5O3. The van der Waals surface area contributed by atoms with Gasteiger partial charge in [0.05, 0.1) is 31.5 Å². The molecule has 162 valence electrons. The van der Waals surface area contributed by atoms with Gasteiger partial charge in [-0.25, -0.2) is 0 Å². The summed E-state index contributed by atoms with van der Waals surface area (Å²) >= 11 is 0. The monoisotopic (exact) mass is 429 g/mol. The number of rotatable bonds is 8. The van der Waals surface area contributed by atoms with E-state index in [1.54, 1.807) is 54.8 Å². The number of nitrogens with one attached hydrogen (secondary N) is 1. The van der Waals surface area contributed by atoms with Crippen molar-refractivity contribution < 1.29 is 14.0 Å². The van der Waals surface area contributed by atoms with Gasteiger partial charge in [0.15, 0.2) is 0 Å². The van der Waals surface area contributed by atoms with Crippen molar-refractivity contribution in [3.05, 3.63) is 96.3 Å². The second-order valence-corrected chi connectivity index (χ2v) is 7.33. The number of hydrogen-bond acceptors (Lipinski definition) is 5. The van der Waals surface area contributed by atoms with Gasteiger partial charge in [0.2, 0.25) is 5.91 Å². The van der Waals surface area contributed by atoms with Crippen LogP contribution in [0.2, 0.25) is 0 Å². The third-order valence-corrected chi connectivity index (χ3v) is 4.88. The fourth-order valence-corrected chi connectivity index (χ4v) is 3.29. The molecule has 3 heterocycles. The summed E-state index contributed by atoms with van der Waals surface area (Å²) in [5.74, 6) is 0.0709. The van der Waals surface area contributed by atoms with Crippen molar-refractivity contribution in [3.8, 4) is 11.3 Å². The van der Waals surface area contributed by atoms with E-state index in [1.807, 2.05) is 36.4 Å². The highest BCUT2D eigenvalue weighted by Gasteiger charge is 2.22. The van der Waals surface area contributed by atoms with Crippen LogP contribution in [0.1, 0.15) is 21.7 Å². The van der Waals surface area contributed by atoms with E-state index < -0.39 is 0 Å². The first-order chi connectivity index (χ1) is 15.6. The Balaban J connectivity index is 1.52. The van der Waals surface area contributed by atoms with Crippen LogP contribution < -0.4 is 5.32 Å². The number of carbonyl (C=O) groups is 2. The zero-order chi connectivity index (χ0) is 22.3. The first-order valence-corrected chi connectivity index (χ1v) is 10.2. The molecule has 32 heavy (non-hydrogen) atoms. The summed E-state index contributed by atoms with van der Waals surface area (Å²) in [4.78, 5) is 31.1. The molecule has 4 rings (SSSR count). The summed E-state index contributed by atoms with van der Waals surface area (Å²) in [5, 5.41) is 7.39. The van der Waals surface area contributed by atoms with Crippen LogP contribution in [0.3, 0.4) is 0 Å². The van der Waals surface area contributed by atoms with Crippen LogP contribution in [0.5, 0.6) is 0 Å². The highest BCUT2D eigenvalue weighted by Crippen LogP contribution is 2.23. The summed E-state index contributed by atoms with van der Waals surface area (Å²) < 4.78 is 6.94. The minimum Gasteiger partial charge on any atom is -0.467 e. The van der Waals surface area contributed by atoms with Crippen molar-refractivity contribution in [2.24, 2.45) is 0 Å². The highest BCUT2D eigenvalue weighted by molar-refractivity contribution is 6.01. The van der Waals surface area contributed by atoms with E-state index in [4.69, 9.17) is 4.42 Å². The van der Waals surface area contributed by atoms with Crippen molar-refractivity contribution in [2.45, 2.75) is 13.1 Å². The molecule has 2 amide bonds. The van der Waals surface area contributed by atoms with E-state index in [0.29, 0.717) is 23.6 Å². The summed E-state index contributed by atoms with van der Waals surface area (Å²) in [5.41, 5.74) is 2.74. The predicted octanol–water partition coefficient (Wildman–Crippen LogP) is 2.97. The molecular weight excluding hydrogens is 406 g/mol. The maximum absolute atomic E-state index is 13.2. The number of pyridine rings is 1. The molecule has 4 aromatic rings. The van der Waals surface area contributed by atoms with Crippen LogP contribution in [0.15, 0.2) is 83.9 Å². The third kappa shape index (κ3) is 5.10. The van der Waals surface area contributed by atoms with E-state index >= 15 is 0 Å². The Morgan fingerprint density at radius 1 is 1.09 bits per heavy atom. The van der Waals surface area contributed by atoms with Gasteiger partial charge in [-0.15, -0.1) is 0 Å². The molecule has 0 saturated heterocycles. The van der Waals surface area contributed by atoms with Gasteiger partial charge in [-0.1, -0.05) is 30.3 Å². The molecule has 0 radical (unpaired) electrons. The Kier molecular flexibility index (Phi) is 6.41. The number of carbonyl (C=O) groups excluding carboxylic acids is 2. The Labute approximate surface area is 185 Å². The smallest absolute Gasteiger partial charge is 0.257 e. The average Bonchev–Trinajstić information content (AvgIpc) is 3.48. The predicted molar refractivity (Wildman–Crippen MR) is 119 cm³/mol. The second kappa shape index (κ2) is 9.74. The molecule has 0 aliphatic carbocycles. The van der Waals surface area contributed by atoms with Gasteiger partial charge in [0.1, 0.15) is 11.5 Å². The molecule has 0 spiro atoms. The lowest BCUT2D eigenvalue weighted by molar-refractivity contribution is -0.121. The molecule has 0 atom stereocenters. The maximum atomic E-state index is 13.2.